The minimum Gasteiger partial charge on any atom is -0.503 e. The number of aliphatic hydroxyl groups excluding tert-OH is 1. The Morgan fingerprint density at radius 1 is 1.45 bits per heavy atom. The van der Waals surface area contributed by atoms with Gasteiger partial charge in [0.15, 0.2) is 5.75 Å². The lowest BCUT2D eigenvalue weighted by Gasteiger charge is -2.22. The summed E-state index contributed by atoms with van der Waals surface area (Å²) >= 11 is 0. The van der Waals surface area contributed by atoms with Crippen LogP contribution in [0.25, 0.3) is 0 Å². The highest BCUT2D eigenvalue weighted by atomic mass is 16.4. The monoisotopic (exact) mass is 284 g/mol. The number of hydrogen-bond acceptors (Lipinski definition) is 5. The van der Waals surface area contributed by atoms with Gasteiger partial charge in [0.05, 0.1) is 18.7 Å². The lowest BCUT2D eigenvalue weighted by Crippen LogP contribution is -2.26. The molecule has 112 valence electrons. The van der Waals surface area contributed by atoms with Crippen molar-refractivity contribution >= 4 is 5.97 Å². The fourth-order valence-electron chi connectivity index (χ4n) is 2.05. The van der Waals surface area contributed by atoms with Gasteiger partial charge in [-0.1, -0.05) is 0 Å². The summed E-state index contributed by atoms with van der Waals surface area (Å²) in [6.07, 6.45) is -0.0205. The summed E-state index contributed by atoms with van der Waals surface area (Å²) in [5, 5.41) is 27.8. The number of pyridine rings is 1. The van der Waals surface area contributed by atoms with Gasteiger partial charge in [0, 0.05) is 31.4 Å². The molecular formula is C13H20N2O5. The summed E-state index contributed by atoms with van der Waals surface area (Å²) in [6, 6.07) is 1.21. The van der Waals surface area contributed by atoms with Crippen LogP contribution in [0.1, 0.15) is 24.7 Å². The molecule has 1 heterocycles. The smallest absolute Gasteiger partial charge is 0.304 e. The van der Waals surface area contributed by atoms with E-state index in [0.717, 1.165) is 0 Å². The van der Waals surface area contributed by atoms with Gasteiger partial charge >= 0.3 is 5.97 Å². The second-order valence-electron chi connectivity index (χ2n) is 4.58. The lowest BCUT2D eigenvalue weighted by molar-refractivity contribution is -0.137. The standard InChI is InChI=1S/C13H20N2O5/c1-3-15-9(8-16)6-11(17)13(20)10(15)7-14(2)5-4-12(18)19/h6,16,20H,3-5,7-8H2,1-2H3,(H,18,19). The molecule has 0 unspecified atom stereocenters. The first-order chi connectivity index (χ1) is 9.40. The topological polar surface area (TPSA) is 103 Å². The number of aliphatic hydroxyl groups is 1. The van der Waals surface area contributed by atoms with Crippen molar-refractivity contribution in [1.82, 2.24) is 9.47 Å². The molecule has 7 heteroatoms. The predicted molar refractivity (Wildman–Crippen MR) is 72.6 cm³/mol. The maximum absolute atomic E-state index is 11.6. The molecule has 0 amide bonds. The van der Waals surface area contributed by atoms with Crippen LogP contribution in [-0.4, -0.2) is 44.3 Å². The maximum Gasteiger partial charge on any atom is 0.304 e. The number of rotatable bonds is 7. The van der Waals surface area contributed by atoms with E-state index < -0.39 is 11.4 Å². The van der Waals surface area contributed by atoms with Crippen LogP contribution < -0.4 is 5.43 Å². The van der Waals surface area contributed by atoms with Gasteiger partial charge < -0.3 is 19.9 Å². The molecule has 0 bridgehead atoms. The van der Waals surface area contributed by atoms with Gasteiger partial charge in [0.2, 0.25) is 5.43 Å². The average Bonchev–Trinajstić information content (AvgIpc) is 2.41. The van der Waals surface area contributed by atoms with Crippen molar-refractivity contribution in [3.8, 4) is 5.75 Å². The Balaban J connectivity index is 3.06. The zero-order valence-electron chi connectivity index (χ0n) is 11.7. The van der Waals surface area contributed by atoms with Crippen molar-refractivity contribution in [2.45, 2.75) is 33.0 Å². The van der Waals surface area contributed by atoms with E-state index >= 15 is 0 Å². The Labute approximate surface area is 116 Å². The number of nitrogens with zero attached hydrogens (tertiary/aromatic N) is 2. The molecule has 0 spiro atoms. The summed E-state index contributed by atoms with van der Waals surface area (Å²) in [7, 11) is 1.71. The molecule has 0 aliphatic carbocycles. The molecule has 1 aromatic rings. The quantitative estimate of drug-likeness (QED) is 0.650. The third kappa shape index (κ3) is 3.82. The highest BCUT2D eigenvalue weighted by Crippen LogP contribution is 2.17. The van der Waals surface area contributed by atoms with Crippen molar-refractivity contribution in [2.75, 3.05) is 13.6 Å². The van der Waals surface area contributed by atoms with Crippen LogP contribution >= 0.6 is 0 Å². The molecule has 0 fully saturated rings. The summed E-state index contributed by atoms with van der Waals surface area (Å²) in [6.45, 7) is 2.57. The molecule has 0 saturated heterocycles. The van der Waals surface area contributed by atoms with E-state index in [1.54, 1.807) is 16.5 Å². The van der Waals surface area contributed by atoms with E-state index in [9.17, 15) is 19.8 Å². The van der Waals surface area contributed by atoms with E-state index in [0.29, 0.717) is 24.5 Å². The molecule has 0 aliphatic rings. The number of carboxylic acid groups (broad SMARTS) is 1. The summed E-state index contributed by atoms with van der Waals surface area (Å²) in [5.41, 5.74) is 0.272. The molecular weight excluding hydrogens is 264 g/mol. The van der Waals surface area contributed by atoms with Crippen molar-refractivity contribution in [3.05, 3.63) is 27.7 Å². The van der Waals surface area contributed by atoms with E-state index in [1.807, 2.05) is 6.92 Å². The van der Waals surface area contributed by atoms with E-state index in [2.05, 4.69) is 0 Å². The van der Waals surface area contributed by atoms with E-state index in [-0.39, 0.29) is 25.3 Å². The molecule has 0 radical (unpaired) electrons. The molecule has 0 atom stereocenters. The predicted octanol–water partition coefficient (Wildman–Crippen LogP) is -0.0274. The molecule has 1 aromatic heterocycles. The van der Waals surface area contributed by atoms with Gasteiger partial charge in [-0.25, -0.2) is 0 Å². The van der Waals surface area contributed by atoms with Crippen molar-refractivity contribution in [2.24, 2.45) is 0 Å². The average molecular weight is 284 g/mol. The SMILES string of the molecule is CCn1c(CO)cc(=O)c(O)c1CN(C)CCC(=O)O. The minimum absolute atomic E-state index is 0.0205. The number of carboxylic acids is 1. The summed E-state index contributed by atoms with van der Waals surface area (Å²) < 4.78 is 1.66. The van der Waals surface area contributed by atoms with Crippen LogP contribution in [0.5, 0.6) is 5.75 Å². The largest absolute Gasteiger partial charge is 0.503 e. The van der Waals surface area contributed by atoms with E-state index in [4.69, 9.17) is 5.11 Å². The van der Waals surface area contributed by atoms with Gasteiger partial charge in [-0.2, -0.15) is 0 Å². The first-order valence-corrected chi connectivity index (χ1v) is 6.36. The second-order valence-corrected chi connectivity index (χ2v) is 4.58. The number of aromatic nitrogens is 1. The normalized spacial score (nSPS) is 11.0. The van der Waals surface area contributed by atoms with Crippen LogP contribution in [-0.2, 0) is 24.5 Å². The van der Waals surface area contributed by atoms with Crippen molar-refractivity contribution in [3.63, 3.8) is 0 Å². The molecule has 1 rings (SSSR count). The van der Waals surface area contributed by atoms with E-state index in [1.165, 1.54) is 6.07 Å². The Bertz CT molecular complexity index is 538. The Morgan fingerprint density at radius 3 is 2.60 bits per heavy atom. The van der Waals surface area contributed by atoms with Crippen LogP contribution in [0.15, 0.2) is 10.9 Å². The second kappa shape index (κ2) is 7.06. The molecule has 20 heavy (non-hydrogen) atoms. The van der Waals surface area contributed by atoms with Crippen molar-refractivity contribution in [1.29, 1.82) is 0 Å². The summed E-state index contributed by atoms with van der Waals surface area (Å²) in [5.74, 6) is -1.26. The zero-order chi connectivity index (χ0) is 15.3. The highest BCUT2D eigenvalue weighted by molar-refractivity contribution is 5.66. The Morgan fingerprint density at radius 2 is 2.10 bits per heavy atom. The van der Waals surface area contributed by atoms with Crippen LogP contribution in [0.4, 0.5) is 0 Å². The van der Waals surface area contributed by atoms with Crippen LogP contribution in [0, 0.1) is 0 Å². The molecule has 0 aromatic carbocycles. The van der Waals surface area contributed by atoms with Gasteiger partial charge in [-0.05, 0) is 14.0 Å². The fourth-order valence-corrected chi connectivity index (χ4v) is 2.05. The van der Waals surface area contributed by atoms with Crippen LogP contribution in [0.2, 0.25) is 0 Å². The first-order valence-electron chi connectivity index (χ1n) is 6.36. The maximum atomic E-state index is 11.6. The van der Waals surface area contributed by atoms with Gasteiger partial charge in [0.1, 0.15) is 0 Å². The zero-order valence-corrected chi connectivity index (χ0v) is 11.7. The lowest BCUT2D eigenvalue weighted by atomic mass is 10.2. The first kappa shape index (κ1) is 16.2. The third-order valence-electron chi connectivity index (χ3n) is 3.08. The minimum atomic E-state index is -0.905. The van der Waals surface area contributed by atoms with Crippen LogP contribution in [0.3, 0.4) is 0 Å². The Hall–Kier alpha value is -1.86. The number of hydrogen-bond donors (Lipinski definition) is 3. The molecule has 3 N–H and O–H groups in total. The fraction of sp³-hybridized carbons (Fsp3) is 0.538. The van der Waals surface area contributed by atoms with Gasteiger partial charge in [-0.3, -0.25) is 14.5 Å². The molecule has 0 aliphatic heterocycles. The van der Waals surface area contributed by atoms with Gasteiger partial charge in [0.25, 0.3) is 0 Å². The summed E-state index contributed by atoms with van der Waals surface area (Å²) in [4.78, 5) is 23.9. The molecule has 7 nitrogen and oxygen atoms in total. The highest BCUT2D eigenvalue weighted by Gasteiger charge is 2.15. The number of aliphatic carboxylic acids is 1. The Kier molecular flexibility index (Phi) is 5.72. The third-order valence-corrected chi connectivity index (χ3v) is 3.08. The molecule has 0 saturated carbocycles. The number of aromatic hydroxyl groups is 1. The number of carbonyl (C=O) groups is 1. The van der Waals surface area contributed by atoms with Gasteiger partial charge in [-0.15, -0.1) is 0 Å². The van der Waals surface area contributed by atoms with Crippen molar-refractivity contribution < 1.29 is 20.1 Å².